The molecule has 1 rings (SSSR count). The lowest BCUT2D eigenvalue weighted by molar-refractivity contribution is -0.150. The molecule has 0 aromatic rings. The lowest BCUT2D eigenvalue weighted by Crippen LogP contribution is -2.55. The maximum atomic E-state index is 12.2. The van der Waals surface area contributed by atoms with Crippen molar-refractivity contribution in [2.45, 2.75) is 45.1 Å². The predicted octanol–water partition coefficient (Wildman–Crippen LogP) is 1.98. The number of rotatable bonds is 9. The van der Waals surface area contributed by atoms with E-state index in [1.165, 1.54) is 7.11 Å². The van der Waals surface area contributed by atoms with Crippen LogP contribution in [0.3, 0.4) is 0 Å². The van der Waals surface area contributed by atoms with Crippen LogP contribution in [0.15, 0.2) is 0 Å². The highest BCUT2D eigenvalue weighted by molar-refractivity contribution is 5.81. The van der Waals surface area contributed by atoms with Gasteiger partial charge in [0.1, 0.15) is 5.54 Å². The number of methoxy groups -OCH3 is 2. The van der Waals surface area contributed by atoms with Crippen LogP contribution >= 0.6 is 0 Å². The van der Waals surface area contributed by atoms with E-state index in [2.05, 4.69) is 19.2 Å². The number of carbonyl (C=O) groups excluding carboxylic acids is 1. The lowest BCUT2D eigenvalue weighted by atomic mass is 9.85. The summed E-state index contributed by atoms with van der Waals surface area (Å²) < 4.78 is 10.1. The Kier molecular flexibility index (Phi) is 6.09. The molecular weight excluding hydrogens is 230 g/mol. The molecule has 1 unspecified atom stereocenters. The molecule has 0 aliphatic heterocycles. The summed E-state index contributed by atoms with van der Waals surface area (Å²) in [5, 5.41) is 3.40. The fraction of sp³-hybridized carbons (Fsp3) is 0.929. The third kappa shape index (κ3) is 3.95. The van der Waals surface area contributed by atoms with E-state index in [1.54, 1.807) is 7.11 Å². The molecule has 0 aromatic carbocycles. The molecule has 1 aliphatic carbocycles. The van der Waals surface area contributed by atoms with Crippen LogP contribution in [0.4, 0.5) is 0 Å². The second-order valence-corrected chi connectivity index (χ2v) is 5.59. The van der Waals surface area contributed by atoms with Crippen molar-refractivity contribution in [2.75, 3.05) is 27.4 Å². The molecule has 0 amide bonds. The van der Waals surface area contributed by atoms with Gasteiger partial charge in [-0.1, -0.05) is 13.8 Å². The molecule has 4 heteroatoms. The minimum Gasteiger partial charge on any atom is -0.468 e. The minimum absolute atomic E-state index is 0.109. The fourth-order valence-corrected chi connectivity index (χ4v) is 2.43. The van der Waals surface area contributed by atoms with E-state index in [-0.39, 0.29) is 5.97 Å². The Morgan fingerprint density at radius 1 is 1.39 bits per heavy atom. The van der Waals surface area contributed by atoms with Gasteiger partial charge in [-0.25, -0.2) is 0 Å². The van der Waals surface area contributed by atoms with E-state index >= 15 is 0 Å². The number of esters is 1. The summed E-state index contributed by atoms with van der Waals surface area (Å²) in [5.74, 6) is 0.916. The van der Waals surface area contributed by atoms with Crippen molar-refractivity contribution in [3.8, 4) is 0 Å². The second kappa shape index (κ2) is 7.10. The number of carbonyl (C=O) groups is 1. The van der Waals surface area contributed by atoms with Gasteiger partial charge in [-0.05, 0) is 37.5 Å². The minimum atomic E-state index is -0.489. The number of nitrogens with one attached hydrogen (secondary N) is 1. The largest absolute Gasteiger partial charge is 0.468 e. The molecular formula is C14H27NO3. The van der Waals surface area contributed by atoms with Gasteiger partial charge in [0.15, 0.2) is 0 Å². The van der Waals surface area contributed by atoms with Crippen LogP contribution < -0.4 is 5.32 Å². The Labute approximate surface area is 110 Å². The Morgan fingerprint density at radius 2 is 2.06 bits per heavy atom. The molecule has 0 bridgehead atoms. The molecule has 1 aliphatic rings. The maximum absolute atomic E-state index is 12.2. The molecule has 0 heterocycles. The molecule has 4 nitrogen and oxygen atoms in total. The summed E-state index contributed by atoms with van der Waals surface area (Å²) in [6.07, 6.45) is 4.12. The third-order valence-corrected chi connectivity index (χ3v) is 3.69. The van der Waals surface area contributed by atoms with Crippen LogP contribution in [0, 0.1) is 11.8 Å². The molecule has 0 radical (unpaired) electrons. The van der Waals surface area contributed by atoms with Crippen molar-refractivity contribution < 1.29 is 14.3 Å². The lowest BCUT2D eigenvalue weighted by Gasteiger charge is -2.33. The standard InChI is InChI=1S/C14H27NO3/c1-11(2)7-8-14(12-5-6-12,13(16)18-4)15-9-10-17-3/h11-12,15H,5-10H2,1-4H3. The second-order valence-electron chi connectivity index (χ2n) is 5.59. The van der Waals surface area contributed by atoms with Gasteiger partial charge in [0.2, 0.25) is 0 Å². The topological polar surface area (TPSA) is 47.6 Å². The maximum Gasteiger partial charge on any atom is 0.326 e. The predicted molar refractivity (Wildman–Crippen MR) is 71.4 cm³/mol. The SMILES string of the molecule is COCCNC(CCC(C)C)(C(=O)OC)C1CC1. The quantitative estimate of drug-likeness (QED) is 0.507. The van der Waals surface area contributed by atoms with Crippen LogP contribution in [0.2, 0.25) is 0 Å². The van der Waals surface area contributed by atoms with Crippen molar-refractivity contribution in [2.24, 2.45) is 11.8 Å². The van der Waals surface area contributed by atoms with Gasteiger partial charge in [-0.15, -0.1) is 0 Å². The van der Waals surface area contributed by atoms with Gasteiger partial charge in [0, 0.05) is 13.7 Å². The van der Waals surface area contributed by atoms with Crippen molar-refractivity contribution in [3.05, 3.63) is 0 Å². The first-order valence-electron chi connectivity index (χ1n) is 6.89. The van der Waals surface area contributed by atoms with Gasteiger partial charge in [-0.3, -0.25) is 10.1 Å². The van der Waals surface area contributed by atoms with Crippen LogP contribution in [0.5, 0.6) is 0 Å². The fourth-order valence-electron chi connectivity index (χ4n) is 2.43. The summed E-state index contributed by atoms with van der Waals surface area (Å²) in [5.41, 5.74) is -0.489. The number of ether oxygens (including phenoxy) is 2. The van der Waals surface area contributed by atoms with Crippen molar-refractivity contribution in [1.29, 1.82) is 0 Å². The molecule has 0 saturated heterocycles. The van der Waals surface area contributed by atoms with Gasteiger partial charge in [-0.2, -0.15) is 0 Å². The van der Waals surface area contributed by atoms with Crippen molar-refractivity contribution in [3.63, 3.8) is 0 Å². The van der Waals surface area contributed by atoms with Gasteiger partial charge < -0.3 is 9.47 Å². The Hall–Kier alpha value is -0.610. The smallest absolute Gasteiger partial charge is 0.326 e. The summed E-state index contributed by atoms with van der Waals surface area (Å²) in [6, 6.07) is 0. The van der Waals surface area contributed by atoms with E-state index in [0.717, 1.165) is 25.7 Å². The average molecular weight is 257 g/mol. The van der Waals surface area contributed by atoms with Gasteiger partial charge >= 0.3 is 5.97 Å². The highest BCUT2D eigenvalue weighted by atomic mass is 16.5. The Balaban J connectivity index is 2.70. The molecule has 0 aromatic heterocycles. The summed E-state index contributed by atoms with van der Waals surface area (Å²) in [7, 11) is 3.15. The molecule has 18 heavy (non-hydrogen) atoms. The van der Waals surface area contributed by atoms with Crippen LogP contribution in [0.1, 0.15) is 39.5 Å². The van der Waals surface area contributed by atoms with E-state index < -0.39 is 5.54 Å². The molecule has 1 saturated carbocycles. The summed E-state index contributed by atoms with van der Waals surface area (Å²) in [6.45, 7) is 5.68. The van der Waals surface area contributed by atoms with E-state index in [0.29, 0.717) is 25.0 Å². The normalized spacial score (nSPS) is 18.7. The van der Waals surface area contributed by atoms with E-state index in [1.807, 2.05) is 0 Å². The zero-order chi connectivity index (χ0) is 13.6. The Bertz CT molecular complexity index is 264. The van der Waals surface area contributed by atoms with E-state index in [4.69, 9.17) is 9.47 Å². The van der Waals surface area contributed by atoms with Crippen LogP contribution in [-0.4, -0.2) is 38.9 Å². The van der Waals surface area contributed by atoms with Gasteiger partial charge in [0.05, 0.1) is 13.7 Å². The average Bonchev–Trinajstić information content (AvgIpc) is 3.17. The van der Waals surface area contributed by atoms with Gasteiger partial charge in [0.25, 0.3) is 0 Å². The molecule has 1 fully saturated rings. The zero-order valence-corrected chi connectivity index (χ0v) is 12.1. The first-order chi connectivity index (χ1) is 8.56. The van der Waals surface area contributed by atoms with E-state index in [9.17, 15) is 4.79 Å². The third-order valence-electron chi connectivity index (χ3n) is 3.69. The highest BCUT2D eigenvalue weighted by Crippen LogP contribution is 2.43. The zero-order valence-electron chi connectivity index (χ0n) is 12.1. The summed E-state index contributed by atoms with van der Waals surface area (Å²) >= 11 is 0. The molecule has 1 atom stereocenters. The van der Waals surface area contributed by atoms with Crippen LogP contribution in [-0.2, 0) is 14.3 Å². The van der Waals surface area contributed by atoms with Crippen molar-refractivity contribution >= 4 is 5.97 Å². The molecule has 0 spiro atoms. The first kappa shape index (κ1) is 15.4. The highest BCUT2D eigenvalue weighted by Gasteiger charge is 2.51. The first-order valence-corrected chi connectivity index (χ1v) is 6.89. The summed E-state index contributed by atoms with van der Waals surface area (Å²) in [4.78, 5) is 12.2. The number of hydrogen-bond acceptors (Lipinski definition) is 4. The van der Waals surface area contributed by atoms with Crippen LogP contribution in [0.25, 0.3) is 0 Å². The molecule has 106 valence electrons. The Morgan fingerprint density at radius 3 is 2.50 bits per heavy atom. The number of hydrogen-bond donors (Lipinski definition) is 1. The monoisotopic (exact) mass is 257 g/mol. The molecule has 1 N–H and O–H groups in total. The van der Waals surface area contributed by atoms with Crippen molar-refractivity contribution in [1.82, 2.24) is 5.32 Å².